The second kappa shape index (κ2) is 3.48. The van der Waals surface area contributed by atoms with Crippen molar-refractivity contribution in [2.75, 3.05) is 0 Å². The first-order valence-electron chi connectivity index (χ1n) is 7.48. The zero-order valence-corrected chi connectivity index (χ0v) is 12.8. The van der Waals surface area contributed by atoms with Crippen LogP contribution in [0.5, 0.6) is 0 Å². The number of aliphatic hydroxyl groups is 1. The second-order valence-electron chi connectivity index (χ2n) is 6.89. The van der Waals surface area contributed by atoms with Crippen molar-refractivity contribution in [3.63, 3.8) is 0 Å². The van der Waals surface area contributed by atoms with Crippen LogP contribution in [-0.2, 0) is 10.8 Å². The topological polar surface area (TPSA) is 20.2 Å². The van der Waals surface area contributed by atoms with Gasteiger partial charge in [-0.05, 0) is 48.6 Å². The summed E-state index contributed by atoms with van der Waals surface area (Å²) in [6.45, 7) is 10.6. The molecule has 21 heavy (non-hydrogen) atoms. The lowest BCUT2D eigenvalue weighted by molar-refractivity contribution is -0.0317. The Labute approximate surface area is 126 Å². The summed E-state index contributed by atoms with van der Waals surface area (Å²) in [5.74, 6) is 0. The van der Waals surface area contributed by atoms with Crippen molar-refractivity contribution in [3.8, 4) is 0 Å². The highest BCUT2D eigenvalue weighted by atomic mass is 16.3. The molecular formula is C20H20O. The highest BCUT2D eigenvalue weighted by molar-refractivity contribution is 5.86. The Bertz CT molecular complexity index is 786. The summed E-state index contributed by atoms with van der Waals surface area (Å²) >= 11 is 0. The van der Waals surface area contributed by atoms with Gasteiger partial charge < -0.3 is 5.11 Å². The molecular weight excluding hydrogens is 256 g/mol. The first kappa shape index (κ1) is 12.8. The number of benzene rings is 2. The van der Waals surface area contributed by atoms with E-state index in [9.17, 15) is 5.11 Å². The van der Waals surface area contributed by atoms with E-state index >= 15 is 0 Å². The molecule has 2 aliphatic carbocycles. The van der Waals surface area contributed by atoms with Gasteiger partial charge in [-0.1, -0.05) is 55.1 Å². The maximum absolute atomic E-state index is 11.6. The summed E-state index contributed by atoms with van der Waals surface area (Å²) in [6, 6.07) is 16.8. The molecule has 0 aliphatic heterocycles. The Morgan fingerprint density at radius 1 is 0.762 bits per heavy atom. The van der Waals surface area contributed by atoms with Gasteiger partial charge in [0.05, 0.1) is 5.60 Å². The number of fused-ring (bicyclic) bond motifs is 7. The second-order valence-corrected chi connectivity index (χ2v) is 6.89. The summed E-state index contributed by atoms with van der Waals surface area (Å²) in [5.41, 5.74) is 4.07. The molecule has 4 rings (SSSR count). The molecule has 2 aromatic carbocycles. The van der Waals surface area contributed by atoms with Crippen LogP contribution in [-0.4, -0.2) is 10.7 Å². The SMILES string of the molecule is C=C1c2ccccc2C2(C)c3ccccc3C1(C)C2(C)O. The van der Waals surface area contributed by atoms with Crippen molar-refractivity contribution in [2.45, 2.75) is 37.2 Å². The van der Waals surface area contributed by atoms with Gasteiger partial charge in [-0.3, -0.25) is 0 Å². The van der Waals surface area contributed by atoms with Crippen molar-refractivity contribution >= 4 is 5.57 Å². The highest BCUT2D eigenvalue weighted by Crippen LogP contribution is 2.67. The van der Waals surface area contributed by atoms with Crippen molar-refractivity contribution in [1.29, 1.82) is 0 Å². The summed E-state index contributed by atoms with van der Waals surface area (Å²) in [5, 5.41) is 11.6. The molecule has 3 atom stereocenters. The maximum atomic E-state index is 11.6. The van der Waals surface area contributed by atoms with E-state index in [0.29, 0.717) is 0 Å². The van der Waals surface area contributed by atoms with Crippen LogP contribution in [0.2, 0.25) is 0 Å². The van der Waals surface area contributed by atoms with Crippen LogP contribution in [0.15, 0.2) is 55.1 Å². The van der Waals surface area contributed by atoms with Gasteiger partial charge in [0.2, 0.25) is 0 Å². The van der Waals surface area contributed by atoms with Gasteiger partial charge in [0.15, 0.2) is 0 Å². The molecule has 0 spiro atoms. The van der Waals surface area contributed by atoms with E-state index in [2.05, 4.69) is 69.0 Å². The monoisotopic (exact) mass is 276 g/mol. The zero-order chi connectivity index (χ0) is 15.0. The predicted octanol–water partition coefficient (Wildman–Crippen LogP) is 4.04. The Kier molecular flexibility index (Phi) is 2.13. The molecule has 0 amide bonds. The van der Waals surface area contributed by atoms with Crippen LogP contribution in [0.3, 0.4) is 0 Å². The molecule has 0 radical (unpaired) electrons. The van der Waals surface area contributed by atoms with Crippen LogP contribution in [0.25, 0.3) is 5.57 Å². The highest BCUT2D eigenvalue weighted by Gasteiger charge is 2.68. The number of hydrogen-bond acceptors (Lipinski definition) is 1. The predicted molar refractivity (Wildman–Crippen MR) is 86.3 cm³/mol. The average Bonchev–Trinajstić information content (AvgIpc) is 2.59. The molecule has 1 nitrogen and oxygen atoms in total. The molecule has 0 saturated heterocycles. The van der Waals surface area contributed by atoms with Crippen molar-refractivity contribution in [2.24, 2.45) is 0 Å². The van der Waals surface area contributed by atoms with Crippen molar-refractivity contribution in [3.05, 3.63) is 77.4 Å². The summed E-state index contributed by atoms with van der Waals surface area (Å²) in [6.07, 6.45) is 0. The number of rotatable bonds is 0. The molecule has 1 N–H and O–H groups in total. The Balaban J connectivity index is 2.25. The lowest BCUT2D eigenvalue weighted by atomic mass is 9.54. The molecule has 0 heterocycles. The fraction of sp³-hybridized carbons (Fsp3) is 0.300. The fourth-order valence-electron chi connectivity index (χ4n) is 4.69. The smallest absolute Gasteiger partial charge is 0.0887 e. The third-order valence-electron chi connectivity index (χ3n) is 6.35. The van der Waals surface area contributed by atoms with Gasteiger partial charge in [0.25, 0.3) is 0 Å². The van der Waals surface area contributed by atoms with Crippen molar-refractivity contribution in [1.82, 2.24) is 0 Å². The quantitative estimate of drug-likeness (QED) is 0.770. The molecule has 0 fully saturated rings. The first-order valence-corrected chi connectivity index (χ1v) is 7.48. The molecule has 3 unspecified atom stereocenters. The van der Waals surface area contributed by atoms with Crippen LogP contribution < -0.4 is 0 Å². The standard InChI is InChI=1S/C20H20O/c1-13-14-9-5-6-10-15(14)19(3)17-12-8-7-11-16(17)18(13,2)20(19,4)21/h5-12,21H,1H2,2-4H3. The van der Waals surface area contributed by atoms with E-state index in [4.69, 9.17) is 0 Å². The van der Waals surface area contributed by atoms with E-state index < -0.39 is 16.4 Å². The van der Waals surface area contributed by atoms with E-state index in [1.165, 1.54) is 22.3 Å². The van der Waals surface area contributed by atoms with Crippen molar-refractivity contribution < 1.29 is 5.11 Å². The lowest BCUT2D eigenvalue weighted by Crippen LogP contribution is -2.58. The minimum absolute atomic E-state index is 0.407. The van der Waals surface area contributed by atoms with Gasteiger partial charge in [0, 0.05) is 10.8 Å². The molecule has 2 bridgehead atoms. The average molecular weight is 276 g/mol. The van der Waals surface area contributed by atoms with E-state index in [1.807, 2.05) is 6.92 Å². The molecule has 0 saturated carbocycles. The van der Waals surface area contributed by atoms with Gasteiger partial charge in [-0.25, -0.2) is 0 Å². The third-order valence-corrected chi connectivity index (χ3v) is 6.35. The van der Waals surface area contributed by atoms with Gasteiger partial charge in [-0.2, -0.15) is 0 Å². The van der Waals surface area contributed by atoms with E-state index in [-0.39, 0.29) is 0 Å². The minimum Gasteiger partial charge on any atom is -0.388 e. The molecule has 106 valence electrons. The van der Waals surface area contributed by atoms with E-state index in [0.717, 1.165) is 5.57 Å². The summed E-state index contributed by atoms with van der Waals surface area (Å²) in [7, 11) is 0. The van der Waals surface area contributed by atoms with E-state index in [1.54, 1.807) is 0 Å². The Morgan fingerprint density at radius 2 is 1.24 bits per heavy atom. The minimum atomic E-state index is -0.894. The largest absolute Gasteiger partial charge is 0.388 e. The molecule has 2 aromatic rings. The van der Waals surface area contributed by atoms with Crippen LogP contribution >= 0.6 is 0 Å². The van der Waals surface area contributed by atoms with Crippen LogP contribution in [0.4, 0.5) is 0 Å². The molecule has 1 heteroatoms. The molecule has 0 aromatic heterocycles. The summed E-state index contributed by atoms with van der Waals surface area (Å²) in [4.78, 5) is 0. The van der Waals surface area contributed by atoms with Crippen LogP contribution in [0, 0.1) is 0 Å². The normalized spacial score (nSPS) is 36.3. The van der Waals surface area contributed by atoms with Gasteiger partial charge in [-0.15, -0.1) is 0 Å². The summed E-state index contributed by atoms with van der Waals surface area (Å²) < 4.78 is 0. The zero-order valence-electron chi connectivity index (χ0n) is 12.8. The number of hydrogen-bond donors (Lipinski definition) is 1. The van der Waals surface area contributed by atoms with Crippen LogP contribution in [0.1, 0.15) is 43.0 Å². The van der Waals surface area contributed by atoms with Gasteiger partial charge in [0.1, 0.15) is 0 Å². The Hall–Kier alpha value is -1.86. The van der Waals surface area contributed by atoms with Gasteiger partial charge >= 0.3 is 0 Å². The fourth-order valence-corrected chi connectivity index (χ4v) is 4.69. The Morgan fingerprint density at radius 3 is 1.86 bits per heavy atom. The lowest BCUT2D eigenvalue weighted by Gasteiger charge is -2.52. The maximum Gasteiger partial charge on any atom is 0.0887 e. The third kappa shape index (κ3) is 1.08. The first-order chi connectivity index (χ1) is 9.87. The molecule has 2 aliphatic rings.